The molecule has 1 heterocycles. The van der Waals surface area contributed by atoms with E-state index in [0.29, 0.717) is 0 Å². The summed E-state index contributed by atoms with van der Waals surface area (Å²) in [5, 5.41) is 12.1. The summed E-state index contributed by atoms with van der Waals surface area (Å²) in [5.41, 5.74) is 2.13. The SMILES string of the molecule is ONC1SC=CS1. The van der Waals surface area contributed by atoms with Gasteiger partial charge in [-0.25, -0.2) is 0 Å². The van der Waals surface area contributed by atoms with E-state index >= 15 is 0 Å². The molecule has 0 amide bonds. The predicted octanol–water partition coefficient (Wildman–Crippen LogP) is 1.20. The van der Waals surface area contributed by atoms with Crippen LogP contribution in [0.3, 0.4) is 0 Å². The summed E-state index contributed by atoms with van der Waals surface area (Å²) in [6.07, 6.45) is 0. The fourth-order valence-corrected chi connectivity index (χ4v) is 1.86. The van der Waals surface area contributed by atoms with Gasteiger partial charge in [-0.3, -0.25) is 0 Å². The third-order valence-corrected chi connectivity index (χ3v) is 2.70. The first-order chi connectivity index (χ1) is 3.43. The van der Waals surface area contributed by atoms with Crippen LogP contribution in [0.2, 0.25) is 0 Å². The average molecular weight is 135 g/mol. The van der Waals surface area contributed by atoms with Crippen LogP contribution in [0.25, 0.3) is 0 Å². The van der Waals surface area contributed by atoms with Crippen molar-refractivity contribution in [3.8, 4) is 0 Å². The minimum Gasteiger partial charge on any atom is -0.315 e. The van der Waals surface area contributed by atoms with Crippen molar-refractivity contribution in [2.75, 3.05) is 0 Å². The molecule has 0 bridgehead atoms. The van der Waals surface area contributed by atoms with Crippen LogP contribution in [-0.4, -0.2) is 9.91 Å². The molecule has 0 aromatic heterocycles. The fourth-order valence-electron chi connectivity index (χ4n) is 0.300. The quantitative estimate of drug-likeness (QED) is 0.529. The molecular formula is C3H5NOS2. The van der Waals surface area contributed by atoms with Gasteiger partial charge < -0.3 is 5.21 Å². The van der Waals surface area contributed by atoms with Gasteiger partial charge in [0.25, 0.3) is 0 Å². The highest BCUT2D eigenvalue weighted by atomic mass is 32.2. The van der Waals surface area contributed by atoms with Gasteiger partial charge in [-0.05, 0) is 10.8 Å². The Morgan fingerprint density at radius 2 is 2.00 bits per heavy atom. The standard InChI is InChI=1S/C3H5NOS2/c5-4-3-6-1-2-7-3/h1-5H. The van der Waals surface area contributed by atoms with Crippen LogP contribution < -0.4 is 5.48 Å². The summed E-state index contributed by atoms with van der Waals surface area (Å²) in [7, 11) is 0. The van der Waals surface area contributed by atoms with Crippen molar-refractivity contribution in [1.29, 1.82) is 0 Å². The Hall–Kier alpha value is 0.360. The second kappa shape index (κ2) is 2.61. The lowest BCUT2D eigenvalue weighted by atomic mass is 11.3. The first-order valence-corrected chi connectivity index (χ1v) is 3.67. The van der Waals surface area contributed by atoms with Crippen molar-refractivity contribution in [3.63, 3.8) is 0 Å². The summed E-state index contributed by atoms with van der Waals surface area (Å²) in [6.45, 7) is 0. The van der Waals surface area contributed by atoms with Crippen LogP contribution in [0.1, 0.15) is 0 Å². The van der Waals surface area contributed by atoms with E-state index in [1.165, 1.54) is 0 Å². The van der Waals surface area contributed by atoms with Gasteiger partial charge in [-0.2, -0.15) is 5.48 Å². The zero-order chi connectivity index (χ0) is 5.11. The minimum absolute atomic E-state index is 0.125. The highest BCUT2D eigenvalue weighted by Gasteiger charge is 2.07. The number of hydrogen-bond acceptors (Lipinski definition) is 4. The number of hydroxylamine groups is 1. The molecule has 2 nitrogen and oxygen atoms in total. The molecule has 0 aromatic carbocycles. The Morgan fingerprint density at radius 3 is 2.29 bits per heavy atom. The molecule has 1 aliphatic heterocycles. The van der Waals surface area contributed by atoms with Crippen molar-refractivity contribution < 1.29 is 5.21 Å². The number of rotatable bonds is 1. The third kappa shape index (κ3) is 1.38. The second-order valence-corrected chi connectivity index (χ2v) is 3.34. The average Bonchev–Trinajstić information content (AvgIpc) is 2.14. The Kier molecular flexibility index (Phi) is 2.05. The molecule has 40 valence electrons. The number of thioether (sulfide) groups is 2. The van der Waals surface area contributed by atoms with Crippen LogP contribution >= 0.6 is 23.5 Å². The van der Waals surface area contributed by atoms with E-state index in [1.807, 2.05) is 10.8 Å². The van der Waals surface area contributed by atoms with Crippen molar-refractivity contribution in [2.45, 2.75) is 4.71 Å². The van der Waals surface area contributed by atoms with E-state index in [1.54, 1.807) is 23.5 Å². The maximum absolute atomic E-state index is 8.23. The molecule has 4 heteroatoms. The summed E-state index contributed by atoms with van der Waals surface area (Å²) < 4.78 is 0.125. The van der Waals surface area contributed by atoms with E-state index in [2.05, 4.69) is 5.48 Å². The second-order valence-electron chi connectivity index (χ2n) is 1.01. The zero-order valence-corrected chi connectivity index (χ0v) is 5.13. The molecule has 0 unspecified atom stereocenters. The molecule has 0 aromatic rings. The topological polar surface area (TPSA) is 32.3 Å². The molecule has 0 aliphatic carbocycles. The van der Waals surface area contributed by atoms with Gasteiger partial charge in [0.05, 0.1) is 0 Å². The lowest BCUT2D eigenvalue weighted by Crippen LogP contribution is -2.14. The van der Waals surface area contributed by atoms with Crippen LogP contribution in [0.5, 0.6) is 0 Å². The minimum atomic E-state index is 0.125. The maximum atomic E-state index is 8.23. The lowest BCUT2D eigenvalue weighted by molar-refractivity contribution is 0.180. The van der Waals surface area contributed by atoms with Crippen LogP contribution in [0, 0.1) is 0 Å². The van der Waals surface area contributed by atoms with Gasteiger partial charge in [0.1, 0.15) is 4.71 Å². The molecule has 0 atom stereocenters. The molecule has 2 N–H and O–H groups in total. The van der Waals surface area contributed by atoms with Crippen molar-refractivity contribution in [2.24, 2.45) is 0 Å². The van der Waals surface area contributed by atoms with Gasteiger partial charge in [-0.1, -0.05) is 0 Å². The van der Waals surface area contributed by atoms with Crippen molar-refractivity contribution in [3.05, 3.63) is 10.8 Å². The van der Waals surface area contributed by atoms with Gasteiger partial charge in [0.2, 0.25) is 0 Å². The normalized spacial score (nSPS) is 21.3. The summed E-state index contributed by atoms with van der Waals surface area (Å²) in [4.78, 5) is 0. The van der Waals surface area contributed by atoms with Gasteiger partial charge >= 0.3 is 0 Å². The summed E-state index contributed by atoms with van der Waals surface area (Å²) in [5.74, 6) is 0. The fraction of sp³-hybridized carbons (Fsp3) is 0.333. The van der Waals surface area contributed by atoms with Gasteiger partial charge in [-0.15, -0.1) is 23.5 Å². The number of nitrogens with one attached hydrogen (secondary N) is 1. The van der Waals surface area contributed by atoms with Gasteiger partial charge in [0.15, 0.2) is 0 Å². The Balaban J connectivity index is 2.22. The molecule has 1 rings (SSSR count). The first kappa shape index (κ1) is 5.50. The molecule has 0 spiro atoms. The van der Waals surface area contributed by atoms with Crippen LogP contribution in [0.15, 0.2) is 10.8 Å². The van der Waals surface area contributed by atoms with Crippen LogP contribution in [0.4, 0.5) is 0 Å². The van der Waals surface area contributed by atoms with E-state index in [-0.39, 0.29) is 4.71 Å². The molecule has 1 aliphatic rings. The van der Waals surface area contributed by atoms with Crippen molar-refractivity contribution in [1.82, 2.24) is 5.48 Å². The summed E-state index contributed by atoms with van der Waals surface area (Å²) >= 11 is 3.13. The molecule has 0 saturated carbocycles. The predicted molar refractivity (Wildman–Crippen MR) is 33.0 cm³/mol. The number of hydrogen-bond donors (Lipinski definition) is 2. The highest BCUT2D eigenvalue weighted by Crippen LogP contribution is 2.30. The maximum Gasteiger partial charge on any atom is 0.130 e. The highest BCUT2D eigenvalue weighted by molar-refractivity contribution is 8.22. The Bertz CT molecular complexity index is 77.0. The smallest absolute Gasteiger partial charge is 0.130 e. The monoisotopic (exact) mass is 135 g/mol. The molecule has 0 fully saturated rings. The largest absolute Gasteiger partial charge is 0.315 e. The van der Waals surface area contributed by atoms with E-state index in [4.69, 9.17) is 5.21 Å². The first-order valence-electron chi connectivity index (χ1n) is 1.79. The molecular weight excluding hydrogens is 130 g/mol. The lowest BCUT2D eigenvalue weighted by Gasteiger charge is -2.00. The van der Waals surface area contributed by atoms with Crippen LogP contribution in [-0.2, 0) is 0 Å². The van der Waals surface area contributed by atoms with E-state index in [0.717, 1.165) is 0 Å². The Labute approximate surface area is 50.3 Å². The van der Waals surface area contributed by atoms with Gasteiger partial charge in [0, 0.05) is 0 Å². The Morgan fingerprint density at radius 1 is 1.43 bits per heavy atom. The third-order valence-electron chi connectivity index (χ3n) is 0.565. The van der Waals surface area contributed by atoms with Crippen molar-refractivity contribution >= 4 is 23.5 Å². The molecule has 0 saturated heterocycles. The zero-order valence-electron chi connectivity index (χ0n) is 3.50. The molecule has 0 radical (unpaired) electrons. The van der Waals surface area contributed by atoms with E-state index < -0.39 is 0 Å². The molecule has 7 heavy (non-hydrogen) atoms. The summed E-state index contributed by atoms with van der Waals surface area (Å²) in [6, 6.07) is 0. The van der Waals surface area contributed by atoms with E-state index in [9.17, 15) is 0 Å².